The molecule has 192 valence electrons. The van der Waals surface area contributed by atoms with Crippen LogP contribution in [0.4, 0.5) is 15.3 Å². The van der Waals surface area contributed by atoms with Gasteiger partial charge in [0, 0.05) is 36.1 Å². The van der Waals surface area contributed by atoms with Crippen molar-refractivity contribution >= 4 is 35.6 Å². The van der Waals surface area contributed by atoms with Gasteiger partial charge in [-0.15, -0.1) is 0 Å². The van der Waals surface area contributed by atoms with Crippen molar-refractivity contribution in [2.24, 2.45) is 9.98 Å². The molecule has 2 fully saturated rings. The van der Waals surface area contributed by atoms with E-state index >= 15 is 0 Å². The Morgan fingerprint density at radius 1 is 0.838 bits per heavy atom. The zero-order valence-corrected chi connectivity index (χ0v) is 21.3. The van der Waals surface area contributed by atoms with E-state index in [1.165, 1.54) is 6.42 Å². The summed E-state index contributed by atoms with van der Waals surface area (Å²) in [6.45, 7) is 1.95. The summed E-state index contributed by atoms with van der Waals surface area (Å²) in [5, 5.41) is 3.05. The first-order chi connectivity index (χ1) is 18.0. The second kappa shape index (κ2) is 9.72. The van der Waals surface area contributed by atoms with Gasteiger partial charge in [0.15, 0.2) is 0 Å². The lowest BCUT2D eigenvalue weighted by molar-refractivity contribution is -0.112. The standard InChI is InChI=1S/C29H33N5O3/c1-18-12-19-14-20(13-18)31-27(35)24-15-23-16-25(32-29(37)33(23)21-8-4-2-5-9-21)26(24)34(28(36)30-17-19)22-10-6-3-7-11-22/h12-15,17,21-22H,2-11,16H2,1H3,(H,31,35)/b30-17-. The lowest BCUT2D eigenvalue weighted by Crippen LogP contribution is -2.48. The molecular formula is C29H33N5O3. The monoisotopic (exact) mass is 499 g/mol. The average Bonchev–Trinajstić information content (AvgIpc) is 2.90. The van der Waals surface area contributed by atoms with Crippen molar-refractivity contribution < 1.29 is 14.4 Å². The van der Waals surface area contributed by atoms with E-state index in [4.69, 9.17) is 0 Å². The minimum Gasteiger partial charge on any atom is -0.322 e. The van der Waals surface area contributed by atoms with E-state index in [-0.39, 0.29) is 24.0 Å². The van der Waals surface area contributed by atoms with E-state index in [2.05, 4.69) is 15.3 Å². The van der Waals surface area contributed by atoms with Gasteiger partial charge in [0.25, 0.3) is 5.91 Å². The molecule has 8 heteroatoms. The molecule has 0 aromatic heterocycles. The van der Waals surface area contributed by atoms with E-state index in [0.29, 0.717) is 29.1 Å². The van der Waals surface area contributed by atoms with Gasteiger partial charge in [-0.25, -0.2) is 14.6 Å². The molecule has 6 rings (SSSR count). The van der Waals surface area contributed by atoms with Gasteiger partial charge in [0.1, 0.15) is 0 Å². The van der Waals surface area contributed by atoms with Crippen LogP contribution < -0.4 is 5.32 Å². The number of aliphatic imine (C=N–C) groups is 2. The third-order valence-electron chi connectivity index (χ3n) is 8.19. The number of allylic oxidation sites excluding steroid dienone is 2. The number of fused-ring (bicyclic) bond motifs is 5. The van der Waals surface area contributed by atoms with Crippen LogP contribution in [0.2, 0.25) is 0 Å². The van der Waals surface area contributed by atoms with Gasteiger partial charge in [0.2, 0.25) is 0 Å². The Hall–Kier alpha value is -3.55. The van der Waals surface area contributed by atoms with Crippen LogP contribution in [0.1, 0.15) is 81.8 Å². The molecule has 8 nitrogen and oxygen atoms in total. The highest BCUT2D eigenvalue weighted by atomic mass is 16.2. The van der Waals surface area contributed by atoms with Gasteiger partial charge in [-0.1, -0.05) is 44.6 Å². The maximum atomic E-state index is 13.9. The van der Waals surface area contributed by atoms with Crippen molar-refractivity contribution in [3.8, 4) is 0 Å². The Balaban J connectivity index is 1.51. The molecule has 4 bridgehead atoms. The Labute approximate surface area is 217 Å². The van der Waals surface area contributed by atoms with Crippen molar-refractivity contribution in [3.63, 3.8) is 0 Å². The Kier molecular flexibility index (Phi) is 6.26. The van der Waals surface area contributed by atoms with Crippen LogP contribution in [0.25, 0.3) is 0 Å². The van der Waals surface area contributed by atoms with Crippen molar-refractivity contribution in [2.45, 2.75) is 89.6 Å². The van der Waals surface area contributed by atoms with Crippen LogP contribution in [-0.4, -0.2) is 51.8 Å². The number of carbonyl (C=O) groups is 3. The first-order valence-electron chi connectivity index (χ1n) is 13.6. The number of nitrogens with zero attached hydrogens (tertiary/aromatic N) is 4. The molecule has 0 saturated heterocycles. The minimum absolute atomic E-state index is 0.0917. The molecule has 3 aliphatic carbocycles. The van der Waals surface area contributed by atoms with Gasteiger partial charge in [-0.2, -0.15) is 4.99 Å². The summed E-state index contributed by atoms with van der Waals surface area (Å²) in [5.74, 6) is -0.301. The zero-order valence-electron chi connectivity index (χ0n) is 21.3. The number of hydrogen-bond donors (Lipinski definition) is 1. The van der Waals surface area contributed by atoms with E-state index in [9.17, 15) is 14.4 Å². The van der Waals surface area contributed by atoms with E-state index in [1.54, 1.807) is 16.0 Å². The molecule has 0 unspecified atom stereocenters. The summed E-state index contributed by atoms with van der Waals surface area (Å²) in [4.78, 5) is 53.3. The summed E-state index contributed by atoms with van der Waals surface area (Å²) in [7, 11) is 0. The van der Waals surface area contributed by atoms with Gasteiger partial charge in [0.05, 0.1) is 17.0 Å². The third kappa shape index (κ3) is 4.54. The lowest BCUT2D eigenvalue weighted by Gasteiger charge is -2.42. The molecule has 1 N–H and O–H groups in total. The maximum Gasteiger partial charge on any atom is 0.348 e. The smallest absolute Gasteiger partial charge is 0.322 e. The SMILES string of the molecule is Cc1cc2cc(c1)NC(=O)C1=C(C3=NC(=O)N(C4CCCCC4)C(=C1)C3)N(C1CCCCC1)C(=O)/N=C\2. The van der Waals surface area contributed by atoms with Crippen molar-refractivity contribution in [2.75, 3.05) is 5.32 Å². The van der Waals surface area contributed by atoms with Gasteiger partial charge < -0.3 is 5.32 Å². The summed E-state index contributed by atoms with van der Waals surface area (Å²) < 4.78 is 0. The van der Waals surface area contributed by atoms with Crippen molar-refractivity contribution in [1.82, 2.24) is 9.80 Å². The van der Waals surface area contributed by atoms with Crippen LogP contribution in [0.5, 0.6) is 0 Å². The van der Waals surface area contributed by atoms with E-state index in [1.807, 2.05) is 31.2 Å². The quantitative estimate of drug-likeness (QED) is 0.551. The topological polar surface area (TPSA) is 94.4 Å². The predicted molar refractivity (Wildman–Crippen MR) is 143 cm³/mol. The number of benzene rings is 1. The molecule has 1 aromatic carbocycles. The fourth-order valence-electron chi connectivity index (χ4n) is 6.53. The van der Waals surface area contributed by atoms with Gasteiger partial charge >= 0.3 is 12.1 Å². The van der Waals surface area contributed by atoms with Crippen molar-refractivity contribution in [3.05, 3.63) is 52.4 Å². The van der Waals surface area contributed by atoms with Crippen LogP contribution >= 0.6 is 0 Å². The molecular weight excluding hydrogens is 466 g/mol. The molecule has 2 aliphatic heterocycles. The molecule has 0 spiro atoms. The molecule has 5 aliphatic rings. The second-order valence-electron chi connectivity index (χ2n) is 10.9. The minimum atomic E-state index is -0.418. The Morgan fingerprint density at radius 2 is 1.51 bits per heavy atom. The zero-order chi connectivity index (χ0) is 25.5. The number of hydrogen-bond acceptors (Lipinski definition) is 3. The van der Waals surface area contributed by atoms with Crippen molar-refractivity contribution in [1.29, 1.82) is 0 Å². The molecule has 0 atom stereocenters. The fourth-order valence-corrected chi connectivity index (χ4v) is 6.53. The number of anilines is 1. The molecule has 0 radical (unpaired) electrons. The summed E-state index contributed by atoms with van der Waals surface area (Å²) in [6, 6.07) is 4.96. The number of amides is 5. The van der Waals surface area contributed by atoms with Gasteiger partial charge in [-0.05, 0) is 61.9 Å². The van der Waals surface area contributed by atoms with Crippen LogP contribution in [0.15, 0.2) is 51.2 Å². The average molecular weight is 500 g/mol. The number of nitrogens with one attached hydrogen (secondary N) is 1. The summed E-state index contributed by atoms with van der Waals surface area (Å²) >= 11 is 0. The van der Waals surface area contributed by atoms with E-state index < -0.39 is 6.03 Å². The maximum absolute atomic E-state index is 13.9. The van der Waals surface area contributed by atoms with E-state index in [0.717, 1.165) is 74.6 Å². The van der Waals surface area contributed by atoms with Crippen LogP contribution in [-0.2, 0) is 4.79 Å². The molecule has 2 heterocycles. The highest BCUT2D eigenvalue weighted by Crippen LogP contribution is 2.38. The normalized spacial score (nSPS) is 24.2. The summed E-state index contributed by atoms with van der Waals surface area (Å²) in [6.07, 6.45) is 13.9. The highest BCUT2D eigenvalue weighted by molar-refractivity contribution is 6.20. The third-order valence-corrected chi connectivity index (χ3v) is 8.19. The first kappa shape index (κ1) is 23.8. The van der Waals surface area contributed by atoms with Crippen LogP contribution in [0, 0.1) is 6.92 Å². The predicted octanol–water partition coefficient (Wildman–Crippen LogP) is 5.87. The number of urea groups is 2. The largest absolute Gasteiger partial charge is 0.348 e. The Morgan fingerprint density at radius 3 is 2.22 bits per heavy atom. The number of carbonyl (C=O) groups excluding carboxylic acids is 3. The number of aryl methyl sites for hydroxylation is 1. The fraction of sp³-hybridized carbons (Fsp3) is 0.483. The highest BCUT2D eigenvalue weighted by Gasteiger charge is 2.41. The number of rotatable bonds is 2. The second-order valence-corrected chi connectivity index (χ2v) is 10.9. The summed E-state index contributed by atoms with van der Waals surface area (Å²) in [5.41, 5.74) is 4.48. The molecule has 1 aromatic rings. The van der Waals surface area contributed by atoms with Crippen LogP contribution in [0.3, 0.4) is 0 Å². The molecule has 37 heavy (non-hydrogen) atoms. The molecule has 5 amide bonds. The first-order valence-corrected chi connectivity index (χ1v) is 13.6. The lowest BCUT2D eigenvalue weighted by atomic mass is 9.88. The molecule has 2 saturated carbocycles. The van der Waals surface area contributed by atoms with Gasteiger partial charge in [-0.3, -0.25) is 14.6 Å². The Bertz CT molecular complexity index is 1280.